The molecule has 1 aromatic rings. The molecule has 3 atom stereocenters. The third-order valence-electron chi connectivity index (χ3n) is 2.53. The fourth-order valence-corrected chi connectivity index (χ4v) is 1.93. The quantitative estimate of drug-likeness (QED) is 0.824. The molecular weight excluding hydrogens is 208 g/mol. The smallest absolute Gasteiger partial charge is 0.224 e. The fraction of sp³-hybridized carbons (Fsp3) is 0.545. The van der Waals surface area contributed by atoms with Crippen LogP contribution >= 0.6 is 11.3 Å². The van der Waals surface area contributed by atoms with Crippen molar-refractivity contribution in [2.45, 2.75) is 32.9 Å². The number of hydrogen-bond acceptors (Lipinski definition) is 3. The van der Waals surface area contributed by atoms with Gasteiger partial charge >= 0.3 is 0 Å². The van der Waals surface area contributed by atoms with Gasteiger partial charge in [-0.2, -0.15) is 0 Å². The summed E-state index contributed by atoms with van der Waals surface area (Å²) in [5.74, 6) is -0.127. The van der Waals surface area contributed by atoms with E-state index in [0.717, 1.165) is 0 Å². The van der Waals surface area contributed by atoms with E-state index in [-0.39, 0.29) is 23.9 Å². The van der Waals surface area contributed by atoms with Crippen LogP contribution in [0.1, 0.15) is 31.7 Å². The summed E-state index contributed by atoms with van der Waals surface area (Å²) in [6.07, 6.45) is 0. The second kappa shape index (κ2) is 5.28. The van der Waals surface area contributed by atoms with Gasteiger partial charge in [0, 0.05) is 16.8 Å². The molecule has 1 heterocycles. The minimum Gasteiger partial charge on any atom is -0.348 e. The first-order chi connectivity index (χ1) is 7.02. The molecule has 3 nitrogen and oxygen atoms in total. The van der Waals surface area contributed by atoms with E-state index in [0.29, 0.717) is 0 Å². The summed E-state index contributed by atoms with van der Waals surface area (Å²) in [4.78, 5) is 12.9. The number of nitrogens with one attached hydrogen (secondary N) is 1. The van der Waals surface area contributed by atoms with E-state index in [9.17, 15) is 4.79 Å². The van der Waals surface area contributed by atoms with Crippen LogP contribution in [0.3, 0.4) is 0 Å². The molecule has 1 rings (SSSR count). The lowest BCUT2D eigenvalue weighted by molar-refractivity contribution is -0.125. The third kappa shape index (κ3) is 3.32. The van der Waals surface area contributed by atoms with Gasteiger partial charge in [0.1, 0.15) is 0 Å². The van der Waals surface area contributed by atoms with Crippen LogP contribution in [-0.2, 0) is 4.79 Å². The molecule has 1 aromatic heterocycles. The molecule has 0 aliphatic carbocycles. The Labute approximate surface area is 94.7 Å². The Morgan fingerprint density at radius 3 is 2.60 bits per heavy atom. The average Bonchev–Trinajstić information content (AvgIpc) is 2.68. The van der Waals surface area contributed by atoms with Crippen LogP contribution in [0, 0.1) is 5.92 Å². The lowest BCUT2D eigenvalue weighted by Gasteiger charge is -2.18. The normalized spacial score (nSPS) is 16.8. The maximum Gasteiger partial charge on any atom is 0.224 e. The van der Waals surface area contributed by atoms with Crippen LogP contribution in [0.25, 0.3) is 0 Å². The number of carbonyl (C=O) groups is 1. The molecule has 0 saturated carbocycles. The van der Waals surface area contributed by atoms with Crippen molar-refractivity contribution in [1.29, 1.82) is 0 Å². The van der Waals surface area contributed by atoms with E-state index in [2.05, 4.69) is 5.32 Å². The molecule has 0 saturated heterocycles. The number of amides is 1. The molecule has 0 aromatic carbocycles. The topological polar surface area (TPSA) is 55.1 Å². The highest BCUT2D eigenvalue weighted by molar-refractivity contribution is 7.10. The molecular formula is C11H18N2OS. The van der Waals surface area contributed by atoms with E-state index in [1.807, 2.05) is 38.3 Å². The van der Waals surface area contributed by atoms with Gasteiger partial charge in [0.05, 0.1) is 6.04 Å². The third-order valence-corrected chi connectivity index (χ3v) is 3.59. The van der Waals surface area contributed by atoms with Gasteiger partial charge in [0.25, 0.3) is 0 Å². The van der Waals surface area contributed by atoms with Gasteiger partial charge < -0.3 is 11.1 Å². The van der Waals surface area contributed by atoms with Crippen LogP contribution in [-0.4, -0.2) is 11.9 Å². The fourth-order valence-electron chi connectivity index (χ4n) is 1.19. The van der Waals surface area contributed by atoms with Gasteiger partial charge in [0.2, 0.25) is 5.91 Å². The van der Waals surface area contributed by atoms with Crippen LogP contribution in [0.2, 0.25) is 0 Å². The summed E-state index contributed by atoms with van der Waals surface area (Å²) in [6.45, 7) is 5.68. The molecule has 0 aliphatic rings. The van der Waals surface area contributed by atoms with E-state index < -0.39 is 0 Å². The zero-order valence-electron chi connectivity index (χ0n) is 9.36. The molecule has 2 unspecified atom stereocenters. The van der Waals surface area contributed by atoms with Gasteiger partial charge in [-0.25, -0.2) is 0 Å². The summed E-state index contributed by atoms with van der Waals surface area (Å²) in [6, 6.07) is 3.96. The number of hydrogen-bond donors (Lipinski definition) is 2. The SMILES string of the molecule is CC(N)C(C)C(=O)N[C@@H](C)c1cccs1. The summed E-state index contributed by atoms with van der Waals surface area (Å²) in [5, 5.41) is 4.96. The Bertz CT molecular complexity index is 308. The maximum atomic E-state index is 11.7. The molecule has 3 N–H and O–H groups in total. The number of thiophene rings is 1. The van der Waals surface area contributed by atoms with Gasteiger partial charge in [-0.05, 0) is 25.3 Å². The Kier molecular flexibility index (Phi) is 4.29. The van der Waals surface area contributed by atoms with Crippen molar-refractivity contribution in [3.8, 4) is 0 Å². The zero-order chi connectivity index (χ0) is 11.4. The predicted octanol–water partition coefficient (Wildman–Crippen LogP) is 1.91. The van der Waals surface area contributed by atoms with Crippen LogP contribution < -0.4 is 11.1 Å². The van der Waals surface area contributed by atoms with Crippen molar-refractivity contribution in [3.05, 3.63) is 22.4 Å². The highest BCUT2D eigenvalue weighted by Gasteiger charge is 2.19. The summed E-state index contributed by atoms with van der Waals surface area (Å²) in [7, 11) is 0. The lowest BCUT2D eigenvalue weighted by atomic mass is 10.0. The summed E-state index contributed by atoms with van der Waals surface area (Å²) in [5.41, 5.74) is 5.67. The van der Waals surface area contributed by atoms with Gasteiger partial charge in [-0.1, -0.05) is 13.0 Å². The predicted molar refractivity (Wildman–Crippen MR) is 63.7 cm³/mol. The molecule has 0 aliphatic heterocycles. The maximum absolute atomic E-state index is 11.7. The first kappa shape index (κ1) is 12.2. The Morgan fingerprint density at radius 2 is 2.13 bits per heavy atom. The van der Waals surface area contributed by atoms with E-state index >= 15 is 0 Å². The number of rotatable bonds is 4. The second-order valence-corrected chi connectivity index (χ2v) is 4.87. The first-order valence-electron chi connectivity index (χ1n) is 5.11. The van der Waals surface area contributed by atoms with Crippen LogP contribution in [0.4, 0.5) is 0 Å². The van der Waals surface area contributed by atoms with Crippen molar-refractivity contribution < 1.29 is 4.79 Å². The van der Waals surface area contributed by atoms with Crippen molar-refractivity contribution in [1.82, 2.24) is 5.32 Å². The monoisotopic (exact) mass is 226 g/mol. The Morgan fingerprint density at radius 1 is 1.47 bits per heavy atom. The molecule has 0 fully saturated rings. The highest BCUT2D eigenvalue weighted by atomic mass is 32.1. The van der Waals surface area contributed by atoms with Crippen molar-refractivity contribution >= 4 is 17.2 Å². The molecule has 4 heteroatoms. The first-order valence-corrected chi connectivity index (χ1v) is 5.99. The highest BCUT2D eigenvalue weighted by Crippen LogP contribution is 2.18. The standard InChI is InChI=1S/C11H18N2OS/c1-7(8(2)12)11(14)13-9(3)10-5-4-6-15-10/h4-9H,12H2,1-3H3,(H,13,14)/t7?,8?,9-/m0/s1. The lowest BCUT2D eigenvalue weighted by Crippen LogP contribution is -2.39. The van der Waals surface area contributed by atoms with Crippen molar-refractivity contribution in [2.24, 2.45) is 11.7 Å². The number of nitrogens with two attached hydrogens (primary N) is 1. The van der Waals surface area contributed by atoms with Gasteiger partial charge in [-0.15, -0.1) is 11.3 Å². The largest absolute Gasteiger partial charge is 0.348 e. The number of carbonyl (C=O) groups excluding carboxylic acids is 1. The average molecular weight is 226 g/mol. The Hall–Kier alpha value is -0.870. The molecule has 0 spiro atoms. The second-order valence-electron chi connectivity index (χ2n) is 3.89. The van der Waals surface area contributed by atoms with E-state index in [1.54, 1.807) is 11.3 Å². The minimum absolute atomic E-state index is 0.0194. The van der Waals surface area contributed by atoms with Crippen molar-refractivity contribution in [3.63, 3.8) is 0 Å². The van der Waals surface area contributed by atoms with Crippen molar-refractivity contribution in [2.75, 3.05) is 0 Å². The molecule has 15 heavy (non-hydrogen) atoms. The molecule has 0 bridgehead atoms. The van der Waals surface area contributed by atoms with Gasteiger partial charge in [-0.3, -0.25) is 4.79 Å². The Balaban J connectivity index is 2.52. The summed E-state index contributed by atoms with van der Waals surface area (Å²) < 4.78 is 0. The molecule has 84 valence electrons. The van der Waals surface area contributed by atoms with E-state index in [4.69, 9.17) is 5.73 Å². The van der Waals surface area contributed by atoms with Crippen LogP contribution in [0.15, 0.2) is 17.5 Å². The van der Waals surface area contributed by atoms with Crippen LogP contribution in [0.5, 0.6) is 0 Å². The van der Waals surface area contributed by atoms with Gasteiger partial charge in [0.15, 0.2) is 0 Å². The molecule has 0 radical (unpaired) electrons. The summed E-state index contributed by atoms with van der Waals surface area (Å²) >= 11 is 1.65. The zero-order valence-corrected chi connectivity index (χ0v) is 10.2. The van der Waals surface area contributed by atoms with E-state index in [1.165, 1.54) is 4.88 Å². The molecule has 1 amide bonds. The minimum atomic E-state index is -0.146.